The molecule has 0 spiro atoms. The van der Waals surface area contributed by atoms with E-state index in [4.69, 9.17) is 5.73 Å². The summed E-state index contributed by atoms with van der Waals surface area (Å²) in [5.74, 6) is 0.184. The van der Waals surface area contributed by atoms with Gasteiger partial charge in [-0.2, -0.15) is 0 Å². The van der Waals surface area contributed by atoms with Crippen molar-refractivity contribution in [1.29, 1.82) is 0 Å². The molecule has 1 atom stereocenters. The summed E-state index contributed by atoms with van der Waals surface area (Å²) in [6.45, 7) is 1.48. The number of nitrogens with zero attached hydrogens (tertiary/aromatic N) is 1. The minimum Gasteiger partial charge on any atom is -0.365 e. The van der Waals surface area contributed by atoms with E-state index in [1.807, 2.05) is 23.2 Å². The quantitative estimate of drug-likeness (QED) is 0.716. The van der Waals surface area contributed by atoms with Gasteiger partial charge >= 0.3 is 0 Å². The largest absolute Gasteiger partial charge is 0.365 e. The fourth-order valence-corrected chi connectivity index (χ4v) is 1.80. The first-order valence-electron chi connectivity index (χ1n) is 4.91. The number of nitrogens with one attached hydrogen (secondary N) is 1. The molecule has 4 nitrogen and oxygen atoms in total. The summed E-state index contributed by atoms with van der Waals surface area (Å²) in [7, 11) is 0. The maximum Gasteiger partial charge on any atom is 0.224 e. The van der Waals surface area contributed by atoms with Crippen LogP contribution < -0.4 is 5.73 Å². The second kappa shape index (κ2) is 3.84. The summed E-state index contributed by atoms with van der Waals surface area (Å²) in [5, 5.41) is 0. The Morgan fingerprint density at radius 3 is 3.07 bits per heavy atom. The van der Waals surface area contributed by atoms with E-state index in [-0.39, 0.29) is 11.9 Å². The molecule has 1 aliphatic heterocycles. The molecular weight excluding hydrogens is 178 g/mol. The van der Waals surface area contributed by atoms with Crippen molar-refractivity contribution >= 4 is 5.91 Å². The number of rotatable bonds is 3. The van der Waals surface area contributed by atoms with Crippen LogP contribution in [0.3, 0.4) is 0 Å². The van der Waals surface area contributed by atoms with Crippen LogP contribution in [0.1, 0.15) is 12.1 Å². The van der Waals surface area contributed by atoms with Crippen molar-refractivity contribution in [3.8, 4) is 0 Å². The number of hydrogen-bond acceptors (Lipinski definition) is 2. The van der Waals surface area contributed by atoms with Crippen LogP contribution in [0.15, 0.2) is 18.3 Å². The molecule has 1 aromatic rings. The van der Waals surface area contributed by atoms with Crippen LogP contribution in [0, 0.1) is 0 Å². The van der Waals surface area contributed by atoms with Crippen LogP contribution in [0.2, 0.25) is 0 Å². The molecule has 0 bridgehead atoms. The SMILES string of the molecule is NC1CC(=O)N(CCc2ccc[nH]2)C1. The van der Waals surface area contributed by atoms with Crippen molar-refractivity contribution in [2.75, 3.05) is 13.1 Å². The Labute approximate surface area is 83.1 Å². The molecule has 1 aromatic heterocycles. The molecule has 14 heavy (non-hydrogen) atoms. The van der Waals surface area contributed by atoms with E-state index in [0.29, 0.717) is 13.0 Å². The number of amides is 1. The second-order valence-corrected chi connectivity index (χ2v) is 3.75. The van der Waals surface area contributed by atoms with E-state index in [0.717, 1.165) is 13.0 Å². The number of carbonyl (C=O) groups excluding carboxylic acids is 1. The molecule has 2 heterocycles. The van der Waals surface area contributed by atoms with Crippen LogP contribution in [0.4, 0.5) is 0 Å². The highest BCUT2D eigenvalue weighted by atomic mass is 16.2. The van der Waals surface area contributed by atoms with Gasteiger partial charge in [-0.3, -0.25) is 4.79 Å². The molecule has 76 valence electrons. The van der Waals surface area contributed by atoms with E-state index in [2.05, 4.69) is 4.98 Å². The van der Waals surface area contributed by atoms with Crippen LogP contribution in [0.5, 0.6) is 0 Å². The lowest BCUT2D eigenvalue weighted by atomic mass is 10.3. The van der Waals surface area contributed by atoms with Crippen LogP contribution >= 0.6 is 0 Å². The number of aromatic amines is 1. The molecule has 3 N–H and O–H groups in total. The summed E-state index contributed by atoms with van der Waals surface area (Å²) in [6, 6.07) is 4.03. The van der Waals surface area contributed by atoms with E-state index in [1.54, 1.807) is 0 Å². The van der Waals surface area contributed by atoms with Crippen molar-refractivity contribution in [2.24, 2.45) is 5.73 Å². The normalized spacial score (nSPS) is 21.9. The Kier molecular flexibility index (Phi) is 2.54. The summed E-state index contributed by atoms with van der Waals surface area (Å²) in [5.41, 5.74) is 6.86. The van der Waals surface area contributed by atoms with Gasteiger partial charge in [0.05, 0.1) is 0 Å². The van der Waals surface area contributed by atoms with Gasteiger partial charge in [0.1, 0.15) is 0 Å². The predicted octanol–water partition coefficient (Wildman–Crippen LogP) is 0.117. The zero-order valence-corrected chi connectivity index (χ0v) is 8.07. The Morgan fingerprint density at radius 1 is 1.64 bits per heavy atom. The van der Waals surface area contributed by atoms with Crippen molar-refractivity contribution in [2.45, 2.75) is 18.9 Å². The monoisotopic (exact) mass is 193 g/mol. The molecule has 1 amide bonds. The molecule has 0 aromatic carbocycles. The summed E-state index contributed by atoms with van der Waals surface area (Å²) < 4.78 is 0. The Hall–Kier alpha value is -1.29. The lowest BCUT2D eigenvalue weighted by Gasteiger charge is -2.14. The molecule has 1 saturated heterocycles. The Balaban J connectivity index is 1.84. The zero-order valence-electron chi connectivity index (χ0n) is 8.07. The maximum absolute atomic E-state index is 11.4. The van der Waals surface area contributed by atoms with Gasteiger partial charge in [0.25, 0.3) is 0 Å². The lowest BCUT2D eigenvalue weighted by molar-refractivity contribution is -0.127. The molecule has 0 aliphatic carbocycles. The molecule has 0 radical (unpaired) electrons. The van der Waals surface area contributed by atoms with E-state index in [1.165, 1.54) is 5.69 Å². The molecule has 1 aliphatic rings. The number of carbonyl (C=O) groups is 1. The number of H-pyrrole nitrogens is 1. The summed E-state index contributed by atoms with van der Waals surface area (Å²) in [4.78, 5) is 16.3. The second-order valence-electron chi connectivity index (χ2n) is 3.75. The molecule has 1 fully saturated rings. The number of likely N-dealkylation sites (tertiary alicyclic amines) is 1. The Bertz CT molecular complexity index is 307. The van der Waals surface area contributed by atoms with E-state index in [9.17, 15) is 4.79 Å². The molecular formula is C10H15N3O. The fourth-order valence-electron chi connectivity index (χ4n) is 1.80. The van der Waals surface area contributed by atoms with Gasteiger partial charge in [0, 0.05) is 43.9 Å². The standard InChI is InChI=1S/C10H15N3O/c11-8-6-10(14)13(7-8)5-3-9-2-1-4-12-9/h1-2,4,8,12H,3,5-7,11H2. The highest BCUT2D eigenvalue weighted by molar-refractivity contribution is 5.79. The van der Waals surface area contributed by atoms with Crippen molar-refractivity contribution in [3.63, 3.8) is 0 Å². The van der Waals surface area contributed by atoms with Crippen molar-refractivity contribution < 1.29 is 4.79 Å². The topological polar surface area (TPSA) is 62.1 Å². The van der Waals surface area contributed by atoms with Gasteiger partial charge in [-0.05, 0) is 12.1 Å². The highest BCUT2D eigenvalue weighted by Crippen LogP contribution is 2.09. The molecule has 4 heteroatoms. The third kappa shape index (κ3) is 1.96. The third-order valence-electron chi connectivity index (χ3n) is 2.56. The minimum absolute atomic E-state index is 0.0335. The zero-order chi connectivity index (χ0) is 9.97. The smallest absolute Gasteiger partial charge is 0.224 e. The van der Waals surface area contributed by atoms with Gasteiger partial charge in [-0.25, -0.2) is 0 Å². The predicted molar refractivity (Wildman–Crippen MR) is 53.7 cm³/mol. The average Bonchev–Trinajstić information content (AvgIpc) is 2.72. The molecule has 1 unspecified atom stereocenters. The summed E-state index contributed by atoms with van der Waals surface area (Å²) in [6.07, 6.45) is 3.28. The average molecular weight is 193 g/mol. The third-order valence-corrected chi connectivity index (χ3v) is 2.56. The first-order valence-corrected chi connectivity index (χ1v) is 4.91. The van der Waals surface area contributed by atoms with Gasteiger partial charge in [-0.1, -0.05) is 0 Å². The van der Waals surface area contributed by atoms with Crippen molar-refractivity contribution in [3.05, 3.63) is 24.0 Å². The van der Waals surface area contributed by atoms with E-state index < -0.39 is 0 Å². The van der Waals surface area contributed by atoms with Crippen LogP contribution in [-0.2, 0) is 11.2 Å². The van der Waals surface area contributed by atoms with E-state index >= 15 is 0 Å². The number of aromatic nitrogens is 1. The highest BCUT2D eigenvalue weighted by Gasteiger charge is 2.26. The number of nitrogens with two attached hydrogens (primary N) is 1. The van der Waals surface area contributed by atoms with Gasteiger partial charge in [-0.15, -0.1) is 0 Å². The molecule has 2 rings (SSSR count). The fraction of sp³-hybridized carbons (Fsp3) is 0.500. The van der Waals surface area contributed by atoms with Crippen LogP contribution in [0.25, 0.3) is 0 Å². The first-order chi connectivity index (χ1) is 6.75. The van der Waals surface area contributed by atoms with Gasteiger partial charge < -0.3 is 15.6 Å². The number of hydrogen-bond donors (Lipinski definition) is 2. The Morgan fingerprint density at radius 2 is 2.50 bits per heavy atom. The van der Waals surface area contributed by atoms with Crippen molar-refractivity contribution in [1.82, 2.24) is 9.88 Å². The first kappa shape index (κ1) is 9.27. The maximum atomic E-state index is 11.4. The lowest BCUT2D eigenvalue weighted by Crippen LogP contribution is -2.30. The van der Waals surface area contributed by atoms with Crippen LogP contribution in [-0.4, -0.2) is 34.9 Å². The molecule has 0 saturated carbocycles. The van der Waals surface area contributed by atoms with Gasteiger partial charge in [0.15, 0.2) is 0 Å². The minimum atomic E-state index is 0.0335. The van der Waals surface area contributed by atoms with Gasteiger partial charge in [0.2, 0.25) is 5.91 Å². The summed E-state index contributed by atoms with van der Waals surface area (Å²) >= 11 is 0.